The van der Waals surface area contributed by atoms with Crippen molar-refractivity contribution < 1.29 is 0 Å². The third-order valence-corrected chi connectivity index (χ3v) is 4.64. The zero-order valence-electron chi connectivity index (χ0n) is 11.7. The van der Waals surface area contributed by atoms with Gasteiger partial charge in [-0.3, -0.25) is 4.68 Å². The summed E-state index contributed by atoms with van der Waals surface area (Å²) in [5, 5.41) is 5.48. The van der Waals surface area contributed by atoms with Gasteiger partial charge in [0.25, 0.3) is 0 Å². The molecule has 0 saturated heterocycles. The fraction of sp³-hybridized carbons (Fsp3) is 0.786. The van der Waals surface area contributed by atoms with Crippen molar-refractivity contribution in [3.63, 3.8) is 0 Å². The van der Waals surface area contributed by atoms with E-state index in [1.165, 1.54) is 43.5 Å². The average Bonchev–Trinajstić information content (AvgIpc) is 2.66. The molecule has 0 N–H and O–H groups in total. The van der Waals surface area contributed by atoms with Crippen molar-refractivity contribution in [1.82, 2.24) is 9.78 Å². The minimum Gasteiger partial charge on any atom is -0.354 e. The Morgan fingerprint density at radius 3 is 2.56 bits per heavy atom. The molecule has 0 radical (unpaired) electrons. The Morgan fingerprint density at radius 2 is 2.00 bits per heavy atom. The van der Waals surface area contributed by atoms with Crippen LogP contribution >= 0.6 is 15.9 Å². The van der Waals surface area contributed by atoms with E-state index in [0.717, 1.165) is 17.6 Å². The lowest BCUT2D eigenvalue weighted by Gasteiger charge is -2.35. The molecule has 102 valence electrons. The van der Waals surface area contributed by atoms with Gasteiger partial charge < -0.3 is 4.90 Å². The molecule has 0 bridgehead atoms. The van der Waals surface area contributed by atoms with E-state index < -0.39 is 0 Å². The van der Waals surface area contributed by atoms with Crippen LogP contribution in [0.1, 0.15) is 50.3 Å². The van der Waals surface area contributed by atoms with Crippen LogP contribution in [0, 0.1) is 6.92 Å². The zero-order valence-corrected chi connectivity index (χ0v) is 13.3. The molecular formula is C14H24BrN3. The Morgan fingerprint density at radius 1 is 1.33 bits per heavy atom. The largest absolute Gasteiger partial charge is 0.354 e. The Kier molecular flexibility index (Phi) is 4.71. The lowest BCUT2D eigenvalue weighted by molar-refractivity contribution is 0.413. The van der Waals surface area contributed by atoms with Crippen molar-refractivity contribution in [3.05, 3.63) is 11.3 Å². The third-order valence-electron chi connectivity index (χ3n) is 4.08. The van der Waals surface area contributed by atoms with Crippen LogP contribution in [0.15, 0.2) is 0 Å². The summed E-state index contributed by atoms with van der Waals surface area (Å²) in [7, 11) is 2.07. The molecular weight excluding hydrogens is 290 g/mol. The van der Waals surface area contributed by atoms with Crippen molar-refractivity contribution in [3.8, 4) is 0 Å². The van der Waals surface area contributed by atoms with Crippen molar-refractivity contribution in [2.24, 2.45) is 7.05 Å². The van der Waals surface area contributed by atoms with Gasteiger partial charge in [-0.05, 0) is 26.7 Å². The van der Waals surface area contributed by atoms with Gasteiger partial charge in [0.05, 0.1) is 5.69 Å². The lowest BCUT2D eigenvalue weighted by Crippen LogP contribution is -2.38. The summed E-state index contributed by atoms with van der Waals surface area (Å²) >= 11 is 3.61. The predicted molar refractivity (Wildman–Crippen MR) is 80.5 cm³/mol. The highest BCUT2D eigenvalue weighted by molar-refractivity contribution is 9.08. The quantitative estimate of drug-likeness (QED) is 0.789. The zero-order chi connectivity index (χ0) is 13.1. The highest BCUT2D eigenvalue weighted by Gasteiger charge is 2.25. The monoisotopic (exact) mass is 313 g/mol. The summed E-state index contributed by atoms with van der Waals surface area (Å²) in [6, 6.07) is 0.705. The second kappa shape index (κ2) is 6.09. The number of nitrogens with zero attached hydrogens (tertiary/aromatic N) is 3. The minimum absolute atomic E-state index is 0.705. The van der Waals surface area contributed by atoms with Crippen LogP contribution < -0.4 is 4.90 Å². The summed E-state index contributed by atoms with van der Waals surface area (Å²) in [6.07, 6.45) is 6.83. The molecule has 4 heteroatoms. The lowest BCUT2D eigenvalue weighted by atomic mass is 9.94. The first-order chi connectivity index (χ1) is 8.69. The second-order valence-corrected chi connectivity index (χ2v) is 5.78. The number of hydrogen-bond acceptors (Lipinski definition) is 2. The number of rotatable bonds is 4. The van der Waals surface area contributed by atoms with Gasteiger partial charge in [-0.25, -0.2) is 0 Å². The van der Waals surface area contributed by atoms with Gasteiger partial charge in [-0.15, -0.1) is 0 Å². The highest BCUT2D eigenvalue weighted by Crippen LogP contribution is 2.31. The molecule has 18 heavy (non-hydrogen) atoms. The van der Waals surface area contributed by atoms with Crippen molar-refractivity contribution in [2.75, 3.05) is 11.4 Å². The maximum absolute atomic E-state index is 4.59. The number of halogens is 1. The molecule has 2 rings (SSSR count). The summed E-state index contributed by atoms with van der Waals surface area (Å²) in [6.45, 7) is 5.44. The average molecular weight is 314 g/mol. The van der Waals surface area contributed by atoms with Crippen LogP contribution in [0.3, 0.4) is 0 Å². The van der Waals surface area contributed by atoms with Crippen LogP contribution in [0.2, 0.25) is 0 Å². The second-order valence-electron chi connectivity index (χ2n) is 5.22. The minimum atomic E-state index is 0.705. The first-order valence-corrected chi connectivity index (χ1v) is 8.16. The van der Waals surface area contributed by atoms with Crippen LogP contribution in [0.25, 0.3) is 0 Å². The Bertz CT molecular complexity index is 394. The maximum Gasteiger partial charge on any atom is 0.131 e. The molecule has 1 aromatic heterocycles. The van der Waals surface area contributed by atoms with E-state index in [0.29, 0.717) is 6.04 Å². The standard InChI is InChI=1S/C14H24BrN3/c1-4-18(12-8-6-5-7-9-12)14-13(10-15)11(2)16-17(14)3/h12H,4-10H2,1-3H3. The molecule has 1 aromatic rings. The normalized spacial score (nSPS) is 17.1. The van der Waals surface area contributed by atoms with E-state index in [9.17, 15) is 0 Å². The number of aromatic nitrogens is 2. The molecule has 1 fully saturated rings. The van der Waals surface area contributed by atoms with E-state index in [2.05, 4.69) is 51.5 Å². The van der Waals surface area contributed by atoms with Gasteiger partial charge >= 0.3 is 0 Å². The molecule has 0 unspecified atom stereocenters. The summed E-state index contributed by atoms with van der Waals surface area (Å²) < 4.78 is 2.06. The third kappa shape index (κ3) is 2.58. The number of anilines is 1. The smallest absolute Gasteiger partial charge is 0.131 e. The Hall–Kier alpha value is -0.510. The van der Waals surface area contributed by atoms with Crippen LogP contribution in [-0.4, -0.2) is 22.4 Å². The fourth-order valence-corrected chi connectivity index (χ4v) is 3.84. The molecule has 0 aliphatic heterocycles. The van der Waals surface area contributed by atoms with Gasteiger partial charge in [-0.2, -0.15) is 5.10 Å². The molecule has 3 nitrogen and oxygen atoms in total. The Balaban J connectivity index is 2.31. The topological polar surface area (TPSA) is 21.1 Å². The molecule has 0 aromatic carbocycles. The Labute approximate surface area is 119 Å². The molecule has 1 heterocycles. The van der Waals surface area contributed by atoms with Crippen LogP contribution in [0.4, 0.5) is 5.82 Å². The van der Waals surface area contributed by atoms with Crippen molar-refractivity contribution >= 4 is 21.7 Å². The number of aryl methyl sites for hydroxylation is 2. The van der Waals surface area contributed by atoms with E-state index in [4.69, 9.17) is 0 Å². The molecule has 1 aliphatic carbocycles. The van der Waals surface area contributed by atoms with Gasteiger partial charge in [-0.1, -0.05) is 35.2 Å². The molecule has 1 saturated carbocycles. The summed E-state index contributed by atoms with van der Waals surface area (Å²) in [5.74, 6) is 1.32. The van der Waals surface area contributed by atoms with E-state index in [1.54, 1.807) is 0 Å². The van der Waals surface area contributed by atoms with Gasteiger partial charge in [0.1, 0.15) is 5.82 Å². The summed E-state index contributed by atoms with van der Waals surface area (Å²) in [4.78, 5) is 2.57. The van der Waals surface area contributed by atoms with Crippen LogP contribution in [0.5, 0.6) is 0 Å². The first-order valence-electron chi connectivity index (χ1n) is 7.04. The first kappa shape index (κ1) is 13.9. The molecule has 0 amide bonds. The fourth-order valence-electron chi connectivity index (χ4n) is 3.18. The SMILES string of the molecule is CCN(c1c(CBr)c(C)nn1C)C1CCCCC1. The molecule has 0 atom stereocenters. The molecule has 1 aliphatic rings. The van der Waals surface area contributed by atoms with Gasteiger partial charge in [0.15, 0.2) is 0 Å². The van der Waals surface area contributed by atoms with Gasteiger partial charge in [0.2, 0.25) is 0 Å². The van der Waals surface area contributed by atoms with Crippen molar-refractivity contribution in [2.45, 2.75) is 57.3 Å². The number of alkyl halides is 1. The van der Waals surface area contributed by atoms with Gasteiger partial charge in [0, 0.05) is 30.5 Å². The van der Waals surface area contributed by atoms with E-state index in [1.807, 2.05) is 0 Å². The predicted octanol–water partition coefficient (Wildman–Crippen LogP) is 3.78. The van der Waals surface area contributed by atoms with Crippen molar-refractivity contribution in [1.29, 1.82) is 0 Å². The van der Waals surface area contributed by atoms with E-state index in [-0.39, 0.29) is 0 Å². The maximum atomic E-state index is 4.59. The summed E-state index contributed by atoms with van der Waals surface area (Å²) in [5.41, 5.74) is 2.50. The van der Waals surface area contributed by atoms with E-state index >= 15 is 0 Å². The van der Waals surface area contributed by atoms with Crippen LogP contribution in [-0.2, 0) is 12.4 Å². The number of hydrogen-bond donors (Lipinski definition) is 0. The highest BCUT2D eigenvalue weighted by atomic mass is 79.9. The molecule has 0 spiro atoms.